The number of nitrogens with zero attached hydrogens (tertiary/aromatic N) is 1. The molecule has 0 amide bonds. The zero-order valence-electron chi connectivity index (χ0n) is 7.19. The van der Waals surface area contributed by atoms with Crippen LogP contribution in [0, 0.1) is 0 Å². The van der Waals surface area contributed by atoms with Gasteiger partial charge in [0.2, 0.25) is 0 Å². The number of alkyl halides is 3. The van der Waals surface area contributed by atoms with Gasteiger partial charge in [0.15, 0.2) is 0 Å². The summed E-state index contributed by atoms with van der Waals surface area (Å²) in [7, 11) is 1.15. The van der Waals surface area contributed by atoms with Crippen LogP contribution in [-0.2, 0) is 0 Å². The van der Waals surface area contributed by atoms with Crippen molar-refractivity contribution in [2.75, 3.05) is 7.05 Å². The molecule has 0 heterocycles. The van der Waals surface area contributed by atoms with E-state index in [1.165, 1.54) is 0 Å². The van der Waals surface area contributed by atoms with Crippen molar-refractivity contribution in [2.45, 2.75) is 44.4 Å². The van der Waals surface area contributed by atoms with Gasteiger partial charge < -0.3 is 0 Å². The van der Waals surface area contributed by atoms with E-state index in [0.29, 0.717) is 17.7 Å². The monoisotopic (exact) mass is 181 g/mol. The van der Waals surface area contributed by atoms with Crippen LogP contribution < -0.4 is 0 Å². The average molecular weight is 181 g/mol. The van der Waals surface area contributed by atoms with Gasteiger partial charge in [-0.25, -0.2) is 4.90 Å². The van der Waals surface area contributed by atoms with Crippen molar-refractivity contribution < 1.29 is 13.2 Å². The molecular weight excluding hydrogens is 167 g/mol. The van der Waals surface area contributed by atoms with Gasteiger partial charge >= 0.3 is 6.30 Å². The molecule has 0 bridgehead atoms. The second kappa shape index (κ2) is 3.64. The molecule has 0 spiro atoms. The molecule has 1 aliphatic rings. The summed E-state index contributed by atoms with van der Waals surface area (Å²) < 4.78 is 36.5. The fourth-order valence-corrected chi connectivity index (χ4v) is 1.68. The lowest BCUT2D eigenvalue weighted by molar-refractivity contribution is -0.251. The highest BCUT2D eigenvalue weighted by molar-refractivity contribution is 4.74. The molecule has 0 aliphatic heterocycles. The molecule has 4 heteroatoms. The van der Waals surface area contributed by atoms with Crippen molar-refractivity contribution in [1.82, 2.24) is 4.90 Å². The molecule has 0 radical (unpaired) electrons. The summed E-state index contributed by atoms with van der Waals surface area (Å²) in [4.78, 5) is 0.548. The van der Waals surface area contributed by atoms with Crippen molar-refractivity contribution in [3.8, 4) is 0 Å². The first kappa shape index (κ1) is 9.84. The Labute approximate surface area is 70.5 Å². The molecular formula is C8H14F3N. The quantitative estimate of drug-likeness (QED) is 0.562. The normalized spacial score (nSPS) is 21.8. The highest BCUT2D eigenvalue weighted by Crippen LogP contribution is 2.29. The van der Waals surface area contributed by atoms with Crippen molar-refractivity contribution in [2.24, 2.45) is 0 Å². The molecule has 0 atom stereocenters. The molecule has 1 saturated carbocycles. The Morgan fingerprint density at radius 3 is 2.00 bits per heavy atom. The molecule has 1 nitrogen and oxygen atoms in total. The van der Waals surface area contributed by atoms with E-state index in [9.17, 15) is 13.2 Å². The first-order valence-electron chi connectivity index (χ1n) is 4.31. The third-order valence-electron chi connectivity index (χ3n) is 2.52. The topological polar surface area (TPSA) is 3.24 Å². The van der Waals surface area contributed by atoms with Crippen molar-refractivity contribution >= 4 is 0 Å². The highest BCUT2D eigenvalue weighted by atomic mass is 19.4. The van der Waals surface area contributed by atoms with Crippen molar-refractivity contribution in [3.63, 3.8) is 0 Å². The number of rotatable bonds is 1. The van der Waals surface area contributed by atoms with Crippen LogP contribution in [0.3, 0.4) is 0 Å². The first-order valence-corrected chi connectivity index (χ1v) is 4.31. The second-order valence-corrected chi connectivity index (χ2v) is 3.37. The fourth-order valence-electron chi connectivity index (χ4n) is 1.68. The maximum absolute atomic E-state index is 12.2. The molecule has 12 heavy (non-hydrogen) atoms. The van der Waals surface area contributed by atoms with Gasteiger partial charge in [0.05, 0.1) is 0 Å². The van der Waals surface area contributed by atoms with E-state index in [1.807, 2.05) is 0 Å². The van der Waals surface area contributed by atoms with E-state index in [0.717, 1.165) is 26.3 Å². The minimum absolute atomic E-state index is 0.279. The molecule has 1 aliphatic carbocycles. The van der Waals surface area contributed by atoms with E-state index in [4.69, 9.17) is 0 Å². The Morgan fingerprint density at radius 1 is 1.08 bits per heavy atom. The third-order valence-corrected chi connectivity index (χ3v) is 2.52. The Balaban J connectivity index is 2.45. The Kier molecular flexibility index (Phi) is 2.99. The van der Waals surface area contributed by atoms with E-state index >= 15 is 0 Å². The smallest absolute Gasteiger partial charge is 0.214 e. The second-order valence-electron chi connectivity index (χ2n) is 3.37. The Hall–Kier alpha value is -0.250. The third kappa shape index (κ3) is 2.37. The molecule has 0 aromatic heterocycles. The Bertz CT molecular complexity index is 138. The SMILES string of the molecule is CN(C1CCCCC1)C(F)(F)F. The van der Waals surface area contributed by atoms with Crippen LogP contribution in [0.1, 0.15) is 32.1 Å². The number of halogens is 3. The van der Waals surface area contributed by atoms with E-state index < -0.39 is 6.30 Å². The van der Waals surface area contributed by atoms with Crippen LogP contribution in [0.4, 0.5) is 13.2 Å². The molecule has 1 rings (SSSR count). The van der Waals surface area contributed by atoms with Gasteiger partial charge in [-0.05, 0) is 19.9 Å². The van der Waals surface area contributed by atoms with Crippen LogP contribution in [0.15, 0.2) is 0 Å². The van der Waals surface area contributed by atoms with Gasteiger partial charge in [-0.3, -0.25) is 0 Å². The van der Waals surface area contributed by atoms with E-state index in [-0.39, 0.29) is 6.04 Å². The van der Waals surface area contributed by atoms with Crippen LogP contribution in [-0.4, -0.2) is 24.3 Å². The fraction of sp³-hybridized carbons (Fsp3) is 1.00. The predicted molar refractivity (Wildman–Crippen MR) is 40.7 cm³/mol. The van der Waals surface area contributed by atoms with Crippen LogP contribution in [0.2, 0.25) is 0 Å². The summed E-state index contributed by atoms with van der Waals surface area (Å²) in [5, 5.41) is 0. The maximum Gasteiger partial charge on any atom is 0.459 e. The van der Waals surface area contributed by atoms with Gasteiger partial charge in [-0.15, -0.1) is 0 Å². The summed E-state index contributed by atoms with van der Waals surface area (Å²) in [6, 6.07) is -0.279. The zero-order chi connectivity index (χ0) is 9.19. The van der Waals surface area contributed by atoms with E-state index in [2.05, 4.69) is 0 Å². The highest BCUT2D eigenvalue weighted by Gasteiger charge is 2.38. The molecule has 1 fully saturated rings. The van der Waals surface area contributed by atoms with Gasteiger partial charge in [0.25, 0.3) is 0 Å². The first-order chi connectivity index (χ1) is 5.52. The standard InChI is InChI=1S/C8H14F3N/c1-12(8(9,10)11)7-5-3-2-4-6-7/h7H,2-6H2,1H3. The molecule has 0 N–H and O–H groups in total. The van der Waals surface area contributed by atoms with Crippen LogP contribution >= 0.6 is 0 Å². The lowest BCUT2D eigenvalue weighted by Gasteiger charge is -2.32. The molecule has 72 valence electrons. The zero-order valence-corrected chi connectivity index (χ0v) is 7.19. The van der Waals surface area contributed by atoms with Crippen molar-refractivity contribution in [1.29, 1.82) is 0 Å². The minimum Gasteiger partial charge on any atom is -0.214 e. The average Bonchev–Trinajstić information content (AvgIpc) is 2.03. The lowest BCUT2D eigenvalue weighted by Crippen LogP contribution is -2.43. The molecule has 0 aromatic rings. The number of hydrogen-bond acceptors (Lipinski definition) is 1. The van der Waals surface area contributed by atoms with Crippen LogP contribution in [0.5, 0.6) is 0 Å². The van der Waals surface area contributed by atoms with Crippen LogP contribution in [0.25, 0.3) is 0 Å². The summed E-state index contributed by atoms with van der Waals surface area (Å²) in [5.74, 6) is 0. The Morgan fingerprint density at radius 2 is 1.58 bits per heavy atom. The molecule has 0 saturated heterocycles. The van der Waals surface area contributed by atoms with Gasteiger partial charge in [-0.1, -0.05) is 19.3 Å². The lowest BCUT2D eigenvalue weighted by atomic mass is 9.95. The largest absolute Gasteiger partial charge is 0.459 e. The van der Waals surface area contributed by atoms with Gasteiger partial charge in [-0.2, -0.15) is 13.2 Å². The summed E-state index contributed by atoms with van der Waals surface area (Å²) in [6.45, 7) is 0. The molecule has 0 aromatic carbocycles. The van der Waals surface area contributed by atoms with Gasteiger partial charge in [0.1, 0.15) is 0 Å². The summed E-state index contributed by atoms with van der Waals surface area (Å²) in [5.41, 5.74) is 0. The van der Waals surface area contributed by atoms with Crippen molar-refractivity contribution in [3.05, 3.63) is 0 Å². The van der Waals surface area contributed by atoms with E-state index in [1.54, 1.807) is 0 Å². The summed E-state index contributed by atoms with van der Waals surface area (Å²) in [6.07, 6.45) is 0.187. The summed E-state index contributed by atoms with van der Waals surface area (Å²) >= 11 is 0. The molecule has 0 unspecified atom stereocenters. The predicted octanol–water partition coefficient (Wildman–Crippen LogP) is 2.77. The van der Waals surface area contributed by atoms with Gasteiger partial charge in [0, 0.05) is 6.04 Å². The maximum atomic E-state index is 12.2. The number of hydrogen-bond donors (Lipinski definition) is 0. The minimum atomic E-state index is -4.15.